The Morgan fingerprint density at radius 1 is 1.21 bits per heavy atom. The van der Waals surface area contributed by atoms with Gasteiger partial charge in [0.25, 0.3) is 11.5 Å². The molecule has 1 saturated heterocycles. The van der Waals surface area contributed by atoms with Crippen molar-refractivity contribution in [2.75, 3.05) is 13.1 Å². The van der Waals surface area contributed by atoms with Crippen LogP contribution < -0.4 is 5.56 Å². The molecule has 170 valence electrons. The Kier molecular flexibility index (Phi) is 5.76. The van der Waals surface area contributed by atoms with Crippen molar-refractivity contribution in [3.8, 4) is 0 Å². The second-order valence-corrected chi connectivity index (χ2v) is 8.72. The Morgan fingerprint density at radius 3 is 2.88 bits per heavy atom. The number of aromatic nitrogens is 3. The maximum absolute atomic E-state index is 14.1. The summed E-state index contributed by atoms with van der Waals surface area (Å²) in [6.07, 6.45) is 3.90. The van der Waals surface area contributed by atoms with Crippen molar-refractivity contribution >= 4 is 5.91 Å². The van der Waals surface area contributed by atoms with Gasteiger partial charge in [-0.3, -0.25) is 19.5 Å². The molecule has 0 radical (unpaired) electrons. The normalized spacial score (nSPS) is 18.4. The van der Waals surface area contributed by atoms with Crippen LogP contribution in [-0.2, 0) is 19.5 Å². The van der Waals surface area contributed by atoms with Crippen LogP contribution in [0.25, 0.3) is 0 Å². The fraction of sp³-hybridized carbons (Fsp3) is 0.360. The van der Waals surface area contributed by atoms with Crippen LogP contribution in [0.15, 0.2) is 47.4 Å². The van der Waals surface area contributed by atoms with Gasteiger partial charge in [-0.15, -0.1) is 0 Å². The molecule has 0 spiro atoms. The van der Waals surface area contributed by atoms with E-state index in [-0.39, 0.29) is 23.3 Å². The molecule has 0 bridgehead atoms. The predicted molar refractivity (Wildman–Crippen MR) is 121 cm³/mol. The molecule has 1 N–H and O–H groups in total. The summed E-state index contributed by atoms with van der Waals surface area (Å²) in [5.74, 6) is 0.230. The average molecular weight is 448 g/mol. The highest BCUT2D eigenvalue weighted by atomic mass is 19.1. The number of aromatic amines is 1. The van der Waals surface area contributed by atoms with Crippen molar-refractivity contribution in [1.29, 1.82) is 0 Å². The van der Waals surface area contributed by atoms with Crippen molar-refractivity contribution < 1.29 is 9.18 Å². The van der Waals surface area contributed by atoms with E-state index in [0.717, 1.165) is 18.5 Å². The Balaban J connectivity index is 1.38. The number of halogens is 1. The molecule has 33 heavy (non-hydrogen) atoms. The van der Waals surface area contributed by atoms with Gasteiger partial charge in [-0.05, 0) is 38.0 Å². The first kappa shape index (κ1) is 21.5. The Morgan fingerprint density at radius 2 is 2.06 bits per heavy atom. The standard InChI is InChI=1S/C25H26FN5O2/c1-16-18(7-4-11-27-16)25(33)31-12-5-9-22(31)23-28-21-10-13-30(15-19(21)24(32)29-23)14-17-6-2-3-8-20(17)26/h2-4,6-8,11,22H,5,9-10,12-15H2,1H3,(H,28,29,32). The SMILES string of the molecule is Cc1ncccc1C(=O)N1CCCC1c1nc2c(c(=O)[nH]1)CN(Cc1ccccc1F)CC2. The van der Waals surface area contributed by atoms with Crippen LogP contribution in [0.3, 0.4) is 0 Å². The zero-order valence-corrected chi connectivity index (χ0v) is 18.6. The number of hydrogen-bond donors (Lipinski definition) is 1. The lowest BCUT2D eigenvalue weighted by atomic mass is 10.0. The Hall–Kier alpha value is -3.39. The van der Waals surface area contributed by atoms with Crippen LogP contribution in [-0.4, -0.2) is 43.7 Å². The Labute approximate surface area is 191 Å². The fourth-order valence-electron chi connectivity index (χ4n) is 4.82. The van der Waals surface area contributed by atoms with Crippen molar-refractivity contribution in [3.63, 3.8) is 0 Å². The molecular formula is C25H26FN5O2. The van der Waals surface area contributed by atoms with Gasteiger partial charge in [-0.25, -0.2) is 9.37 Å². The summed E-state index contributed by atoms with van der Waals surface area (Å²) in [5, 5.41) is 0. The molecule has 4 heterocycles. The third-order valence-corrected chi connectivity index (χ3v) is 6.58. The lowest BCUT2D eigenvalue weighted by Gasteiger charge is -2.29. The second-order valence-electron chi connectivity index (χ2n) is 8.72. The first-order valence-corrected chi connectivity index (χ1v) is 11.3. The van der Waals surface area contributed by atoms with E-state index in [1.54, 1.807) is 35.4 Å². The molecule has 5 rings (SSSR count). The van der Waals surface area contributed by atoms with E-state index >= 15 is 0 Å². The number of nitrogens with one attached hydrogen (secondary N) is 1. The van der Waals surface area contributed by atoms with Crippen LogP contribution >= 0.6 is 0 Å². The number of H-pyrrole nitrogens is 1. The largest absolute Gasteiger partial charge is 0.328 e. The molecule has 8 heteroatoms. The predicted octanol–water partition coefficient (Wildman–Crippen LogP) is 3.15. The smallest absolute Gasteiger partial charge is 0.256 e. The molecular weight excluding hydrogens is 421 g/mol. The summed E-state index contributed by atoms with van der Waals surface area (Å²) in [5.41, 5.74) is 3.11. The fourth-order valence-corrected chi connectivity index (χ4v) is 4.82. The van der Waals surface area contributed by atoms with Crippen molar-refractivity contribution in [1.82, 2.24) is 24.8 Å². The maximum Gasteiger partial charge on any atom is 0.256 e. The van der Waals surface area contributed by atoms with Crippen molar-refractivity contribution in [3.05, 3.63) is 92.7 Å². The quantitative estimate of drug-likeness (QED) is 0.665. The number of nitrogens with zero attached hydrogens (tertiary/aromatic N) is 4. The third kappa shape index (κ3) is 4.18. The van der Waals surface area contributed by atoms with Gasteiger partial charge in [0.1, 0.15) is 11.6 Å². The molecule has 1 fully saturated rings. The first-order chi connectivity index (χ1) is 16.0. The summed E-state index contributed by atoms with van der Waals surface area (Å²) in [4.78, 5) is 42.0. The number of carbonyl (C=O) groups excluding carboxylic acids is 1. The van der Waals surface area contributed by atoms with E-state index in [0.29, 0.717) is 60.8 Å². The number of carbonyl (C=O) groups is 1. The minimum Gasteiger partial charge on any atom is -0.328 e. The second kappa shape index (κ2) is 8.86. The molecule has 0 aliphatic carbocycles. The lowest BCUT2D eigenvalue weighted by Crippen LogP contribution is -2.38. The highest BCUT2D eigenvalue weighted by Gasteiger charge is 2.34. The third-order valence-electron chi connectivity index (χ3n) is 6.58. The summed E-state index contributed by atoms with van der Waals surface area (Å²) >= 11 is 0. The molecule has 1 unspecified atom stereocenters. The number of likely N-dealkylation sites (tertiary alicyclic amines) is 1. The Bertz CT molecular complexity index is 1260. The average Bonchev–Trinajstić information content (AvgIpc) is 3.31. The van der Waals surface area contributed by atoms with E-state index in [2.05, 4.69) is 14.9 Å². The van der Waals surface area contributed by atoms with Gasteiger partial charge in [0, 0.05) is 50.1 Å². The van der Waals surface area contributed by atoms with E-state index < -0.39 is 0 Å². The molecule has 2 aliphatic heterocycles. The molecule has 2 aliphatic rings. The zero-order chi connectivity index (χ0) is 22.9. The minimum absolute atomic E-state index is 0.0838. The molecule has 7 nitrogen and oxygen atoms in total. The lowest BCUT2D eigenvalue weighted by molar-refractivity contribution is 0.0728. The summed E-state index contributed by atoms with van der Waals surface area (Å²) in [7, 11) is 0. The number of aryl methyl sites for hydroxylation is 1. The summed E-state index contributed by atoms with van der Waals surface area (Å²) in [6, 6.07) is 10.0. The van der Waals surface area contributed by atoms with Gasteiger partial charge in [0.05, 0.1) is 22.9 Å². The van der Waals surface area contributed by atoms with E-state index in [4.69, 9.17) is 4.98 Å². The van der Waals surface area contributed by atoms with Crippen molar-refractivity contribution in [2.24, 2.45) is 0 Å². The van der Waals surface area contributed by atoms with Crippen LogP contribution in [0.1, 0.15) is 57.6 Å². The van der Waals surface area contributed by atoms with E-state index in [1.165, 1.54) is 6.07 Å². The minimum atomic E-state index is -0.258. The topological polar surface area (TPSA) is 82.2 Å². The van der Waals surface area contributed by atoms with Gasteiger partial charge in [0.2, 0.25) is 0 Å². The van der Waals surface area contributed by atoms with E-state index in [1.807, 2.05) is 13.0 Å². The summed E-state index contributed by atoms with van der Waals surface area (Å²) in [6.45, 7) is 4.01. The molecule has 1 atom stereocenters. The van der Waals surface area contributed by atoms with E-state index in [9.17, 15) is 14.0 Å². The number of amides is 1. The number of pyridine rings is 1. The van der Waals surface area contributed by atoms with Gasteiger partial charge >= 0.3 is 0 Å². The van der Waals surface area contributed by atoms with Gasteiger partial charge in [-0.2, -0.15) is 0 Å². The summed E-state index contributed by atoms with van der Waals surface area (Å²) < 4.78 is 14.1. The molecule has 1 amide bonds. The highest BCUT2D eigenvalue weighted by Crippen LogP contribution is 2.32. The number of benzene rings is 1. The number of rotatable bonds is 4. The molecule has 0 saturated carbocycles. The number of fused-ring (bicyclic) bond motifs is 1. The molecule has 1 aromatic carbocycles. The van der Waals surface area contributed by atoms with Gasteiger partial charge < -0.3 is 9.88 Å². The number of hydrogen-bond acceptors (Lipinski definition) is 5. The van der Waals surface area contributed by atoms with Gasteiger partial charge in [-0.1, -0.05) is 18.2 Å². The highest BCUT2D eigenvalue weighted by molar-refractivity contribution is 5.95. The zero-order valence-electron chi connectivity index (χ0n) is 18.6. The molecule has 3 aromatic rings. The van der Waals surface area contributed by atoms with Crippen molar-refractivity contribution in [2.45, 2.75) is 45.3 Å². The van der Waals surface area contributed by atoms with Gasteiger partial charge in [0.15, 0.2) is 0 Å². The van der Waals surface area contributed by atoms with Crippen LogP contribution in [0.5, 0.6) is 0 Å². The van der Waals surface area contributed by atoms with Crippen LogP contribution in [0.2, 0.25) is 0 Å². The first-order valence-electron chi connectivity index (χ1n) is 11.3. The van der Waals surface area contributed by atoms with Crippen LogP contribution in [0.4, 0.5) is 4.39 Å². The monoisotopic (exact) mass is 447 g/mol. The maximum atomic E-state index is 14.1. The molecule has 2 aromatic heterocycles. The van der Waals surface area contributed by atoms with Crippen LogP contribution in [0, 0.1) is 12.7 Å².